The molecule has 3 unspecified atom stereocenters. The van der Waals surface area contributed by atoms with Gasteiger partial charge in [-0.3, -0.25) is 19.2 Å². The molecule has 9 N–H and O–H groups in total. The van der Waals surface area contributed by atoms with E-state index in [2.05, 4.69) is 16.0 Å². The van der Waals surface area contributed by atoms with E-state index in [1.54, 1.807) is 30.3 Å². The zero-order valence-electron chi connectivity index (χ0n) is 16.7. The van der Waals surface area contributed by atoms with Crippen molar-refractivity contribution in [1.29, 1.82) is 0 Å². The van der Waals surface area contributed by atoms with Crippen molar-refractivity contribution in [3.8, 4) is 0 Å². The van der Waals surface area contributed by atoms with E-state index in [9.17, 15) is 29.1 Å². The number of nitrogens with one attached hydrogen (secondary N) is 3. The number of carbonyl (C=O) groups excluding carboxylic acids is 4. The molecule has 1 aromatic rings. The van der Waals surface area contributed by atoms with Crippen molar-refractivity contribution in [2.45, 2.75) is 37.4 Å². The summed E-state index contributed by atoms with van der Waals surface area (Å²) in [6.07, 6.45) is -0.404. The maximum atomic E-state index is 12.6. The predicted octanol–water partition coefficient (Wildman–Crippen LogP) is -3.02. The van der Waals surface area contributed by atoms with Crippen LogP contribution in [0.2, 0.25) is 0 Å². The number of aliphatic carboxylic acids is 1. The first kappa shape index (κ1) is 25.5. The number of aliphatic hydroxyl groups excluding tert-OH is 1. The number of carbonyl (C=O) groups is 5. The summed E-state index contributed by atoms with van der Waals surface area (Å²) in [5, 5.41) is 25.1. The van der Waals surface area contributed by atoms with E-state index in [-0.39, 0.29) is 19.3 Å². The maximum Gasteiger partial charge on any atom is 0.326 e. The summed E-state index contributed by atoms with van der Waals surface area (Å²) in [5.74, 6) is -4.37. The molecule has 0 aromatic heterocycles. The van der Waals surface area contributed by atoms with Crippen LogP contribution in [0, 0.1) is 0 Å². The monoisotopic (exact) mass is 437 g/mol. The van der Waals surface area contributed by atoms with Gasteiger partial charge in [-0.2, -0.15) is 0 Å². The largest absolute Gasteiger partial charge is 0.480 e. The Kier molecular flexibility index (Phi) is 10.6. The van der Waals surface area contributed by atoms with E-state index in [4.69, 9.17) is 16.6 Å². The first-order valence-corrected chi connectivity index (χ1v) is 9.43. The van der Waals surface area contributed by atoms with Gasteiger partial charge in [-0.1, -0.05) is 30.3 Å². The first-order chi connectivity index (χ1) is 14.6. The number of hydrogen-bond donors (Lipinski definition) is 7. The van der Waals surface area contributed by atoms with E-state index < -0.39 is 60.9 Å². The lowest BCUT2D eigenvalue weighted by atomic mass is 10.0. The standard InChI is InChI=1S/C19H27N5O7/c20-12(10-25)17(28)22-9-16(27)23-13(6-7-15(21)26)18(29)24-14(19(30)31)8-11-4-2-1-3-5-11/h1-5,12-14,25H,6-10,20H2,(H2,21,26)(H,22,28)(H,23,27)(H,24,29)(H,30,31). The zero-order valence-corrected chi connectivity index (χ0v) is 16.7. The van der Waals surface area contributed by atoms with Crippen molar-refractivity contribution in [3.63, 3.8) is 0 Å². The molecule has 1 rings (SSSR count). The number of hydrogen-bond acceptors (Lipinski definition) is 7. The number of primary amides is 1. The number of nitrogens with two attached hydrogens (primary N) is 2. The normalized spacial score (nSPS) is 13.4. The second-order valence-electron chi connectivity index (χ2n) is 6.72. The molecule has 170 valence electrons. The number of benzene rings is 1. The second-order valence-corrected chi connectivity index (χ2v) is 6.72. The number of carboxylic acids is 1. The lowest BCUT2D eigenvalue weighted by molar-refractivity contribution is -0.142. The van der Waals surface area contributed by atoms with Gasteiger partial charge >= 0.3 is 5.97 Å². The molecule has 31 heavy (non-hydrogen) atoms. The van der Waals surface area contributed by atoms with Gasteiger partial charge in [-0.05, 0) is 12.0 Å². The van der Waals surface area contributed by atoms with Crippen LogP contribution in [-0.4, -0.2) is 71.1 Å². The van der Waals surface area contributed by atoms with E-state index in [0.29, 0.717) is 5.56 Å². The fourth-order valence-corrected chi connectivity index (χ4v) is 2.50. The topological polar surface area (TPSA) is 214 Å². The lowest BCUT2D eigenvalue weighted by Crippen LogP contribution is -2.54. The average Bonchev–Trinajstić information content (AvgIpc) is 2.74. The molecule has 0 aliphatic rings. The highest BCUT2D eigenvalue weighted by Gasteiger charge is 2.27. The average molecular weight is 437 g/mol. The fraction of sp³-hybridized carbons (Fsp3) is 0.421. The Morgan fingerprint density at radius 2 is 1.61 bits per heavy atom. The van der Waals surface area contributed by atoms with E-state index in [1.165, 1.54) is 0 Å². The molecule has 4 amide bonds. The van der Waals surface area contributed by atoms with Crippen LogP contribution in [0.4, 0.5) is 0 Å². The zero-order chi connectivity index (χ0) is 23.4. The molecule has 0 spiro atoms. The third kappa shape index (κ3) is 9.69. The highest BCUT2D eigenvalue weighted by atomic mass is 16.4. The Morgan fingerprint density at radius 3 is 2.16 bits per heavy atom. The van der Waals surface area contributed by atoms with Gasteiger partial charge in [0.05, 0.1) is 13.2 Å². The molecule has 0 saturated carbocycles. The van der Waals surface area contributed by atoms with Crippen LogP contribution in [0.25, 0.3) is 0 Å². The Bertz CT molecular complexity index is 787. The summed E-state index contributed by atoms with van der Waals surface area (Å²) in [5.41, 5.74) is 11.1. The number of amides is 4. The molecule has 0 heterocycles. The maximum absolute atomic E-state index is 12.6. The molecule has 0 bridgehead atoms. The van der Waals surface area contributed by atoms with Crippen LogP contribution in [0.3, 0.4) is 0 Å². The highest BCUT2D eigenvalue weighted by Crippen LogP contribution is 2.05. The van der Waals surface area contributed by atoms with Crippen LogP contribution in [0.1, 0.15) is 18.4 Å². The van der Waals surface area contributed by atoms with E-state index in [1.807, 2.05) is 0 Å². The molecule has 12 nitrogen and oxygen atoms in total. The molecule has 3 atom stereocenters. The quantitative estimate of drug-likeness (QED) is 0.168. The van der Waals surface area contributed by atoms with Crippen molar-refractivity contribution in [2.75, 3.05) is 13.2 Å². The van der Waals surface area contributed by atoms with Gasteiger partial charge in [0.1, 0.15) is 18.1 Å². The summed E-state index contributed by atoms with van der Waals surface area (Å²) in [7, 11) is 0. The minimum Gasteiger partial charge on any atom is -0.480 e. The van der Waals surface area contributed by atoms with Crippen LogP contribution in [0.5, 0.6) is 0 Å². The van der Waals surface area contributed by atoms with Crippen molar-refractivity contribution in [2.24, 2.45) is 11.5 Å². The van der Waals surface area contributed by atoms with Crippen LogP contribution in [-0.2, 0) is 30.4 Å². The summed E-state index contributed by atoms with van der Waals surface area (Å²) >= 11 is 0. The van der Waals surface area contributed by atoms with Gasteiger partial charge in [0.15, 0.2) is 0 Å². The molecular weight excluding hydrogens is 410 g/mol. The van der Waals surface area contributed by atoms with Crippen molar-refractivity contribution < 1.29 is 34.2 Å². The number of aliphatic hydroxyl groups is 1. The van der Waals surface area contributed by atoms with Gasteiger partial charge in [0.25, 0.3) is 0 Å². The molecule has 0 saturated heterocycles. The molecule has 12 heteroatoms. The highest BCUT2D eigenvalue weighted by molar-refractivity contribution is 5.92. The summed E-state index contributed by atoms with van der Waals surface area (Å²) in [6.45, 7) is -1.16. The molecule has 1 aromatic carbocycles. The predicted molar refractivity (Wildman–Crippen MR) is 108 cm³/mol. The molecular formula is C19H27N5O7. The van der Waals surface area contributed by atoms with Crippen molar-refractivity contribution in [1.82, 2.24) is 16.0 Å². The third-order valence-corrected chi connectivity index (χ3v) is 4.18. The van der Waals surface area contributed by atoms with Crippen LogP contribution >= 0.6 is 0 Å². The molecule has 0 fully saturated rings. The summed E-state index contributed by atoms with van der Waals surface area (Å²) < 4.78 is 0. The van der Waals surface area contributed by atoms with Gasteiger partial charge in [0, 0.05) is 12.8 Å². The minimum absolute atomic E-state index is 0.00745. The van der Waals surface area contributed by atoms with E-state index >= 15 is 0 Å². The Morgan fingerprint density at radius 1 is 0.968 bits per heavy atom. The smallest absolute Gasteiger partial charge is 0.326 e. The first-order valence-electron chi connectivity index (χ1n) is 9.43. The summed E-state index contributed by atoms with van der Waals surface area (Å²) in [4.78, 5) is 58.9. The molecule has 0 aliphatic carbocycles. The third-order valence-electron chi connectivity index (χ3n) is 4.18. The minimum atomic E-state index is -1.28. The number of carboxylic acid groups (broad SMARTS) is 1. The Hall–Kier alpha value is -3.51. The second kappa shape index (κ2) is 12.9. The van der Waals surface area contributed by atoms with E-state index in [0.717, 1.165) is 0 Å². The lowest BCUT2D eigenvalue weighted by Gasteiger charge is -2.21. The van der Waals surface area contributed by atoms with Gasteiger partial charge in [-0.25, -0.2) is 4.79 Å². The van der Waals surface area contributed by atoms with Gasteiger partial charge in [0.2, 0.25) is 23.6 Å². The molecule has 0 aliphatic heterocycles. The number of rotatable bonds is 13. The Labute approximate surface area is 178 Å². The summed E-state index contributed by atoms with van der Waals surface area (Å²) in [6, 6.07) is 4.87. The van der Waals surface area contributed by atoms with Gasteiger partial charge < -0.3 is 37.6 Å². The van der Waals surface area contributed by atoms with Crippen molar-refractivity contribution in [3.05, 3.63) is 35.9 Å². The fourth-order valence-electron chi connectivity index (χ4n) is 2.50. The van der Waals surface area contributed by atoms with Crippen LogP contribution < -0.4 is 27.4 Å². The van der Waals surface area contributed by atoms with Crippen molar-refractivity contribution >= 4 is 29.6 Å². The Balaban J connectivity index is 2.78. The SMILES string of the molecule is NC(=O)CCC(NC(=O)CNC(=O)C(N)CO)C(=O)NC(Cc1ccccc1)C(=O)O. The van der Waals surface area contributed by atoms with Crippen LogP contribution in [0.15, 0.2) is 30.3 Å². The molecule has 0 radical (unpaired) electrons. The van der Waals surface area contributed by atoms with Gasteiger partial charge in [-0.15, -0.1) is 0 Å².